The molecule has 1 N–H and O–H groups in total. The molecule has 2 heterocycles. The summed E-state index contributed by atoms with van der Waals surface area (Å²) in [6.45, 7) is 12.2. The topological polar surface area (TPSA) is 67.2 Å². The van der Waals surface area contributed by atoms with Crippen LogP contribution < -0.4 is 10.2 Å². The van der Waals surface area contributed by atoms with Crippen LogP contribution in [0.2, 0.25) is 0 Å². The molecule has 1 aromatic carbocycles. The number of carbonyl (C=O) groups excluding carboxylic acids is 2. The van der Waals surface area contributed by atoms with Gasteiger partial charge in [0.15, 0.2) is 0 Å². The molecule has 0 bridgehead atoms. The molecular formula is C22H30N4O2. The van der Waals surface area contributed by atoms with E-state index in [1.54, 1.807) is 4.90 Å². The Morgan fingerprint density at radius 1 is 1.25 bits per heavy atom. The molecule has 0 unspecified atom stereocenters. The first-order chi connectivity index (χ1) is 13.3. The summed E-state index contributed by atoms with van der Waals surface area (Å²) in [5, 5.41) is 7.54. The predicted octanol–water partition coefficient (Wildman–Crippen LogP) is 3.17. The van der Waals surface area contributed by atoms with Gasteiger partial charge in [0, 0.05) is 31.7 Å². The standard InChI is InChI=1S/C22H30N4O2/c1-14(2)13-26-17(5)18(16(4)24-26)9-10-20(27)25-12-11-23-22(28)21-15(3)7-6-8-19(21)25/h6-8,14H,9-13H2,1-5H3,(H,23,28). The maximum atomic E-state index is 13.1. The summed E-state index contributed by atoms with van der Waals surface area (Å²) in [5.74, 6) is 0.457. The molecule has 0 saturated carbocycles. The van der Waals surface area contributed by atoms with Crippen LogP contribution in [0, 0.1) is 26.7 Å². The van der Waals surface area contributed by atoms with Crippen molar-refractivity contribution in [2.45, 2.75) is 54.0 Å². The van der Waals surface area contributed by atoms with E-state index >= 15 is 0 Å². The summed E-state index contributed by atoms with van der Waals surface area (Å²) in [6, 6.07) is 5.67. The maximum Gasteiger partial charge on any atom is 0.253 e. The molecule has 6 nitrogen and oxygen atoms in total. The van der Waals surface area contributed by atoms with E-state index in [0.717, 1.165) is 29.1 Å². The quantitative estimate of drug-likeness (QED) is 0.864. The lowest BCUT2D eigenvalue weighted by molar-refractivity contribution is -0.118. The van der Waals surface area contributed by atoms with Crippen molar-refractivity contribution in [3.05, 3.63) is 46.3 Å². The lowest BCUT2D eigenvalue weighted by Gasteiger charge is -2.22. The predicted molar refractivity (Wildman–Crippen MR) is 111 cm³/mol. The molecule has 0 aliphatic carbocycles. The second kappa shape index (κ2) is 8.17. The Morgan fingerprint density at radius 2 is 2.00 bits per heavy atom. The second-order valence-electron chi connectivity index (χ2n) is 8.00. The largest absolute Gasteiger partial charge is 0.350 e. The Bertz CT molecular complexity index is 898. The van der Waals surface area contributed by atoms with E-state index < -0.39 is 0 Å². The van der Waals surface area contributed by atoms with Crippen molar-refractivity contribution in [3.63, 3.8) is 0 Å². The van der Waals surface area contributed by atoms with E-state index in [1.807, 2.05) is 36.7 Å². The van der Waals surface area contributed by atoms with Gasteiger partial charge in [0.05, 0.1) is 16.9 Å². The Labute approximate surface area is 166 Å². The van der Waals surface area contributed by atoms with Crippen LogP contribution >= 0.6 is 0 Å². The molecule has 1 aliphatic heterocycles. The lowest BCUT2D eigenvalue weighted by atomic mass is 10.0. The molecule has 0 saturated heterocycles. The first-order valence-corrected chi connectivity index (χ1v) is 10.0. The zero-order valence-corrected chi connectivity index (χ0v) is 17.5. The van der Waals surface area contributed by atoms with Gasteiger partial charge in [-0.1, -0.05) is 26.0 Å². The highest BCUT2D eigenvalue weighted by Gasteiger charge is 2.26. The number of hydrogen-bond donors (Lipinski definition) is 1. The minimum atomic E-state index is -0.106. The van der Waals surface area contributed by atoms with E-state index in [0.29, 0.717) is 43.1 Å². The van der Waals surface area contributed by atoms with Crippen molar-refractivity contribution < 1.29 is 9.59 Å². The van der Waals surface area contributed by atoms with Crippen LogP contribution in [0.1, 0.15) is 53.1 Å². The van der Waals surface area contributed by atoms with Crippen LogP contribution in [0.25, 0.3) is 0 Å². The summed E-state index contributed by atoms with van der Waals surface area (Å²) < 4.78 is 2.05. The molecule has 28 heavy (non-hydrogen) atoms. The van der Waals surface area contributed by atoms with Gasteiger partial charge < -0.3 is 10.2 Å². The fourth-order valence-corrected chi connectivity index (χ4v) is 3.91. The monoisotopic (exact) mass is 382 g/mol. The van der Waals surface area contributed by atoms with Crippen LogP contribution in [0.5, 0.6) is 0 Å². The third kappa shape index (κ3) is 3.96. The van der Waals surface area contributed by atoms with Crippen molar-refractivity contribution in [1.29, 1.82) is 0 Å². The maximum absolute atomic E-state index is 13.1. The summed E-state index contributed by atoms with van der Waals surface area (Å²) in [6.07, 6.45) is 1.06. The van der Waals surface area contributed by atoms with E-state index in [1.165, 1.54) is 0 Å². The highest BCUT2D eigenvalue weighted by molar-refractivity contribution is 6.06. The number of benzene rings is 1. The van der Waals surface area contributed by atoms with Crippen LogP contribution in [0.15, 0.2) is 18.2 Å². The number of aryl methyl sites for hydroxylation is 2. The van der Waals surface area contributed by atoms with Crippen molar-refractivity contribution in [1.82, 2.24) is 15.1 Å². The van der Waals surface area contributed by atoms with Gasteiger partial charge in [0.1, 0.15) is 0 Å². The fourth-order valence-electron chi connectivity index (χ4n) is 3.91. The number of carbonyl (C=O) groups is 2. The molecule has 2 aromatic rings. The van der Waals surface area contributed by atoms with Gasteiger partial charge in [-0.3, -0.25) is 14.3 Å². The minimum absolute atomic E-state index is 0.0405. The summed E-state index contributed by atoms with van der Waals surface area (Å²) in [5.41, 5.74) is 5.49. The van der Waals surface area contributed by atoms with Gasteiger partial charge in [-0.25, -0.2) is 0 Å². The molecule has 0 spiro atoms. The van der Waals surface area contributed by atoms with Crippen LogP contribution in [-0.4, -0.2) is 34.7 Å². The number of aromatic nitrogens is 2. The first-order valence-electron chi connectivity index (χ1n) is 10.0. The van der Waals surface area contributed by atoms with E-state index in [9.17, 15) is 9.59 Å². The number of hydrogen-bond acceptors (Lipinski definition) is 3. The fraction of sp³-hybridized carbons (Fsp3) is 0.500. The average Bonchev–Trinajstić information content (AvgIpc) is 2.78. The third-order valence-electron chi connectivity index (χ3n) is 5.35. The zero-order valence-electron chi connectivity index (χ0n) is 17.5. The number of fused-ring (bicyclic) bond motifs is 1. The van der Waals surface area contributed by atoms with Gasteiger partial charge in [-0.15, -0.1) is 0 Å². The zero-order chi connectivity index (χ0) is 20.4. The molecule has 1 aliphatic rings. The molecule has 0 radical (unpaired) electrons. The smallest absolute Gasteiger partial charge is 0.253 e. The number of nitrogens with one attached hydrogen (secondary N) is 1. The average molecular weight is 383 g/mol. The lowest BCUT2D eigenvalue weighted by Crippen LogP contribution is -2.35. The number of rotatable bonds is 5. The van der Waals surface area contributed by atoms with Crippen LogP contribution in [-0.2, 0) is 17.8 Å². The molecule has 150 valence electrons. The van der Waals surface area contributed by atoms with Crippen LogP contribution in [0.4, 0.5) is 5.69 Å². The highest BCUT2D eigenvalue weighted by Crippen LogP contribution is 2.26. The number of nitrogens with zero attached hydrogens (tertiary/aromatic N) is 3. The van der Waals surface area contributed by atoms with Crippen molar-refractivity contribution in [2.24, 2.45) is 5.92 Å². The van der Waals surface area contributed by atoms with Gasteiger partial charge in [-0.05, 0) is 50.3 Å². The Morgan fingerprint density at radius 3 is 2.71 bits per heavy atom. The molecule has 3 rings (SSSR count). The molecule has 2 amide bonds. The Balaban J connectivity index is 1.79. The SMILES string of the molecule is Cc1cccc2c1C(=O)NCCN2C(=O)CCc1c(C)nn(CC(C)C)c1C. The molecular weight excluding hydrogens is 352 g/mol. The van der Waals surface area contributed by atoms with Gasteiger partial charge in [0.2, 0.25) is 5.91 Å². The van der Waals surface area contributed by atoms with Gasteiger partial charge in [0.25, 0.3) is 5.91 Å². The molecule has 0 fully saturated rings. The van der Waals surface area contributed by atoms with Gasteiger partial charge in [-0.2, -0.15) is 5.10 Å². The van der Waals surface area contributed by atoms with Crippen molar-refractivity contribution in [2.75, 3.05) is 18.0 Å². The first kappa shape index (κ1) is 20.1. The van der Waals surface area contributed by atoms with E-state index in [-0.39, 0.29) is 11.8 Å². The Kier molecular flexibility index (Phi) is 5.87. The normalized spacial score (nSPS) is 14.1. The van der Waals surface area contributed by atoms with Gasteiger partial charge >= 0.3 is 0 Å². The second-order valence-corrected chi connectivity index (χ2v) is 8.00. The Hall–Kier alpha value is -2.63. The summed E-state index contributed by atoms with van der Waals surface area (Å²) in [7, 11) is 0. The molecule has 1 aromatic heterocycles. The van der Waals surface area contributed by atoms with E-state index in [4.69, 9.17) is 0 Å². The van der Waals surface area contributed by atoms with Crippen molar-refractivity contribution in [3.8, 4) is 0 Å². The summed E-state index contributed by atoms with van der Waals surface area (Å²) >= 11 is 0. The molecule has 0 atom stereocenters. The number of amides is 2. The molecule has 6 heteroatoms. The van der Waals surface area contributed by atoms with E-state index in [2.05, 4.69) is 31.2 Å². The minimum Gasteiger partial charge on any atom is -0.350 e. The third-order valence-corrected chi connectivity index (χ3v) is 5.35. The highest BCUT2D eigenvalue weighted by atomic mass is 16.2. The van der Waals surface area contributed by atoms with Crippen LogP contribution in [0.3, 0.4) is 0 Å². The number of anilines is 1. The van der Waals surface area contributed by atoms with Crippen molar-refractivity contribution >= 4 is 17.5 Å². The summed E-state index contributed by atoms with van der Waals surface area (Å²) in [4.78, 5) is 27.2.